The molecule has 20 rings (SSSR count). The van der Waals surface area contributed by atoms with Gasteiger partial charge in [-0.05, 0) is 131 Å². The third-order valence-corrected chi connectivity index (χ3v) is 20.5. The lowest BCUT2D eigenvalue weighted by molar-refractivity contribution is 0.669. The van der Waals surface area contributed by atoms with Gasteiger partial charge in [0.05, 0.1) is 0 Å². The third-order valence-electron chi connectivity index (χ3n) is 20.5. The van der Waals surface area contributed by atoms with Gasteiger partial charge in [-0.1, -0.05) is 322 Å². The Hall–Kier alpha value is -14.3. The summed E-state index contributed by atoms with van der Waals surface area (Å²) >= 11 is 0. The highest BCUT2D eigenvalue weighted by Crippen LogP contribution is 2.45. The van der Waals surface area contributed by atoms with Crippen LogP contribution in [0.2, 0.25) is 0 Å². The van der Waals surface area contributed by atoms with E-state index in [1.807, 2.05) is 36.4 Å². The van der Waals surface area contributed by atoms with Crippen molar-refractivity contribution < 1.29 is 8.83 Å². The van der Waals surface area contributed by atoms with Crippen LogP contribution in [-0.4, -0.2) is 29.9 Å². The molecule has 0 saturated heterocycles. The van der Waals surface area contributed by atoms with Crippen molar-refractivity contribution in [1.82, 2.24) is 29.9 Å². The zero-order chi connectivity index (χ0) is 70.0. The second-order valence-corrected chi connectivity index (χ2v) is 26.9. The van der Waals surface area contributed by atoms with Gasteiger partial charge in [-0.3, -0.25) is 0 Å². The maximum atomic E-state index is 6.87. The Kier molecular flexibility index (Phi) is 15.0. The van der Waals surface area contributed by atoms with Crippen LogP contribution in [0.1, 0.15) is 0 Å². The first-order chi connectivity index (χ1) is 52.5. The maximum absolute atomic E-state index is 6.87. The lowest BCUT2D eigenvalue weighted by Gasteiger charge is -2.12. The van der Waals surface area contributed by atoms with E-state index in [1.54, 1.807) is 0 Å². The number of hydrogen-bond acceptors (Lipinski definition) is 8. The van der Waals surface area contributed by atoms with Crippen molar-refractivity contribution in [2.75, 3.05) is 0 Å². The van der Waals surface area contributed by atoms with Crippen LogP contribution in [-0.2, 0) is 0 Å². The Morgan fingerprint density at radius 1 is 0.160 bits per heavy atom. The van der Waals surface area contributed by atoms with Gasteiger partial charge in [0.25, 0.3) is 0 Å². The van der Waals surface area contributed by atoms with Crippen molar-refractivity contribution in [2.45, 2.75) is 0 Å². The molecule has 0 amide bonds. The predicted molar refractivity (Wildman–Crippen MR) is 433 cm³/mol. The molecule has 0 saturated carbocycles. The Balaban J connectivity index is 0.591. The van der Waals surface area contributed by atoms with Gasteiger partial charge >= 0.3 is 0 Å². The minimum Gasteiger partial charge on any atom is -0.455 e. The first-order valence-electron chi connectivity index (χ1n) is 35.6. The molecule has 0 aliphatic heterocycles. The number of fused-ring (bicyclic) bond motifs is 8. The van der Waals surface area contributed by atoms with Crippen molar-refractivity contribution in [3.8, 4) is 146 Å². The molecule has 20 aromatic rings. The first kappa shape index (κ1) is 61.5. The van der Waals surface area contributed by atoms with Crippen molar-refractivity contribution in [1.29, 1.82) is 0 Å². The molecule has 0 aliphatic carbocycles. The molecule has 0 aliphatic rings. The van der Waals surface area contributed by atoms with Gasteiger partial charge in [0.1, 0.15) is 22.3 Å². The van der Waals surface area contributed by atoms with E-state index >= 15 is 0 Å². The topological polar surface area (TPSA) is 104 Å². The van der Waals surface area contributed by atoms with Gasteiger partial charge in [0.15, 0.2) is 34.9 Å². The van der Waals surface area contributed by atoms with Crippen LogP contribution in [0.15, 0.2) is 373 Å². The van der Waals surface area contributed by atoms with Crippen LogP contribution in [0.25, 0.3) is 212 Å². The number of nitrogens with zero attached hydrogens (tertiary/aromatic N) is 6. The van der Waals surface area contributed by atoms with E-state index in [-0.39, 0.29) is 0 Å². The summed E-state index contributed by atoms with van der Waals surface area (Å²) < 4.78 is 13.7. The van der Waals surface area contributed by atoms with E-state index in [1.165, 1.54) is 5.56 Å². The zero-order valence-corrected chi connectivity index (χ0v) is 57.1. The minimum absolute atomic E-state index is 0.563. The standard InChI is InChI=1S/C98H60N6O2/c1-3-16-61(17-4-1)65-36-46-71(47-37-65)81-27-14-28-84-89-85(29-15-31-88(89)106-91(81)84)97-101-93(99-95(103-97)79-54-44-63-20-7-9-22-75(63)59-79)74-52-42-70(43-53-74)78-25-13-24-77(58-78)69-34-32-67(33-35-69)68-38-48-72(49-39-68)82-56-57-86(90-83-26-11-12-30-87(83)105-92(82)90)98-102-94(73-50-40-66(41-51-73)62-18-5-2-6-19-62)100-96(104-98)80-55-45-64-21-8-10-23-76(64)60-80/h1-60H. The summed E-state index contributed by atoms with van der Waals surface area (Å²) in [5, 5.41) is 8.40. The zero-order valence-electron chi connectivity index (χ0n) is 57.1. The number of benzene rings is 16. The summed E-state index contributed by atoms with van der Waals surface area (Å²) in [6, 6.07) is 127. The smallest absolute Gasteiger partial charge is 0.164 e. The van der Waals surface area contributed by atoms with E-state index in [0.717, 1.165) is 171 Å². The van der Waals surface area contributed by atoms with Crippen molar-refractivity contribution in [2.24, 2.45) is 0 Å². The minimum atomic E-state index is 0.563. The van der Waals surface area contributed by atoms with Crippen LogP contribution < -0.4 is 0 Å². The van der Waals surface area contributed by atoms with E-state index in [2.05, 4.69) is 328 Å². The summed E-state index contributed by atoms with van der Waals surface area (Å²) in [4.78, 5) is 31.6. The van der Waals surface area contributed by atoms with E-state index < -0.39 is 0 Å². The molecule has 0 atom stereocenters. The summed E-state index contributed by atoms with van der Waals surface area (Å²) in [6.07, 6.45) is 0. The molecule has 0 fully saturated rings. The maximum Gasteiger partial charge on any atom is 0.164 e. The van der Waals surface area contributed by atoms with Crippen molar-refractivity contribution in [3.63, 3.8) is 0 Å². The highest BCUT2D eigenvalue weighted by Gasteiger charge is 2.24. The number of rotatable bonds is 13. The Bertz CT molecular complexity index is 6770. The van der Waals surface area contributed by atoms with E-state index in [4.69, 9.17) is 38.7 Å². The molecular weight excluding hydrogens is 1290 g/mol. The number of furan rings is 2. The molecule has 494 valence electrons. The van der Waals surface area contributed by atoms with E-state index in [9.17, 15) is 0 Å². The average Bonchev–Trinajstić information content (AvgIpc) is 1.56. The molecule has 8 nitrogen and oxygen atoms in total. The van der Waals surface area contributed by atoms with E-state index in [0.29, 0.717) is 34.9 Å². The summed E-state index contributed by atoms with van der Waals surface area (Å²) in [5.41, 5.74) is 23.8. The fourth-order valence-corrected chi connectivity index (χ4v) is 15.0. The third kappa shape index (κ3) is 11.3. The summed E-state index contributed by atoms with van der Waals surface area (Å²) in [5.74, 6) is 3.47. The lowest BCUT2D eigenvalue weighted by Crippen LogP contribution is -2.00. The van der Waals surface area contributed by atoms with Crippen molar-refractivity contribution in [3.05, 3.63) is 364 Å². The van der Waals surface area contributed by atoms with Gasteiger partial charge < -0.3 is 8.83 Å². The lowest BCUT2D eigenvalue weighted by atomic mass is 9.95. The largest absolute Gasteiger partial charge is 0.455 e. The van der Waals surface area contributed by atoms with Crippen molar-refractivity contribution >= 4 is 65.4 Å². The predicted octanol–water partition coefficient (Wildman–Crippen LogP) is 25.8. The average molecular weight is 1350 g/mol. The summed E-state index contributed by atoms with van der Waals surface area (Å²) in [6.45, 7) is 0. The molecule has 4 heterocycles. The monoisotopic (exact) mass is 1350 g/mol. The Labute approximate surface area is 610 Å². The van der Waals surface area contributed by atoms with Crippen LogP contribution in [0.4, 0.5) is 0 Å². The normalized spacial score (nSPS) is 11.6. The molecule has 16 aromatic carbocycles. The Morgan fingerprint density at radius 2 is 0.481 bits per heavy atom. The van der Waals surface area contributed by atoms with Crippen LogP contribution in [0, 0.1) is 0 Å². The van der Waals surface area contributed by atoms with Gasteiger partial charge in [0, 0.05) is 66.1 Å². The molecule has 0 radical (unpaired) electrons. The number of aromatic nitrogens is 6. The quantitative estimate of drug-likeness (QED) is 0.112. The summed E-state index contributed by atoms with van der Waals surface area (Å²) in [7, 11) is 0. The molecule has 106 heavy (non-hydrogen) atoms. The van der Waals surface area contributed by atoms with Gasteiger partial charge in [-0.2, -0.15) is 0 Å². The fourth-order valence-electron chi connectivity index (χ4n) is 15.0. The molecule has 4 aromatic heterocycles. The second kappa shape index (κ2) is 25.9. The molecule has 8 heteroatoms. The SMILES string of the molecule is c1ccc(-c2ccc(-c3nc(-c4ccc5ccccc5c4)nc(-c4ccc(-c5ccc(-c6ccc(-c7cccc(-c8ccc(-c9nc(-c%10ccc%11ccccc%11c%10)nc(-c%10cccc%11oc%12c(-c%13ccc(-c%14ccccc%14)cc%13)cccc%12c%10%11)n9)cc8)c7)cc6)cc5)c5oc6ccccc6c45)n3)cc2)cc1. The van der Waals surface area contributed by atoms with Gasteiger partial charge in [-0.15, -0.1) is 0 Å². The molecule has 0 bridgehead atoms. The Morgan fingerprint density at radius 3 is 1.00 bits per heavy atom. The molecule has 0 N–H and O–H groups in total. The van der Waals surface area contributed by atoms with Gasteiger partial charge in [-0.25, -0.2) is 29.9 Å². The highest BCUT2D eigenvalue weighted by atomic mass is 16.3. The van der Waals surface area contributed by atoms with Gasteiger partial charge in [0.2, 0.25) is 0 Å². The first-order valence-corrected chi connectivity index (χ1v) is 35.6. The second-order valence-electron chi connectivity index (χ2n) is 26.9. The number of para-hydroxylation sites is 2. The van der Waals surface area contributed by atoms with Crippen LogP contribution in [0.5, 0.6) is 0 Å². The molecule has 0 unspecified atom stereocenters. The van der Waals surface area contributed by atoms with Crippen LogP contribution in [0.3, 0.4) is 0 Å². The fraction of sp³-hybridized carbons (Fsp3) is 0. The molecule has 0 spiro atoms. The van der Waals surface area contributed by atoms with Crippen LogP contribution >= 0.6 is 0 Å². The molecular formula is C98H60N6O2. The number of hydrogen-bond donors (Lipinski definition) is 0. The highest BCUT2D eigenvalue weighted by molar-refractivity contribution is 6.17.